The van der Waals surface area contributed by atoms with Crippen LogP contribution in [0.3, 0.4) is 0 Å². The van der Waals surface area contributed by atoms with Gasteiger partial charge < -0.3 is 5.32 Å². The van der Waals surface area contributed by atoms with Gasteiger partial charge in [0.2, 0.25) is 0 Å². The van der Waals surface area contributed by atoms with Crippen LogP contribution in [0, 0.1) is 0 Å². The Labute approximate surface area is 108 Å². The van der Waals surface area contributed by atoms with Crippen molar-refractivity contribution in [2.24, 2.45) is 0 Å². The van der Waals surface area contributed by atoms with E-state index in [0.29, 0.717) is 12.0 Å². The first-order valence-corrected chi connectivity index (χ1v) is 6.08. The highest BCUT2D eigenvalue weighted by atomic mass is 19.1. The summed E-state index contributed by atoms with van der Waals surface area (Å²) in [6.07, 6.45) is 3.90. The second-order valence-electron chi connectivity index (χ2n) is 5.17. The third kappa shape index (κ3) is 4.70. The van der Waals surface area contributed by atoms with Crippen LogP contribution in [0.4, 0.5) is 4.39 Å². The molecule has 0 bridgehead atoms. The first-order valence-electron chi connectivity index (χ1n) is 6.08. The van der Waals surface area contributed by atoms with E-state index in [9.17, 15) is 9.18 Å². The summed E-state index contributed by atoms with van der Waals surface area (Å²) in [7, 11) is 0. The predicted octanol–water partition coefficient (Wildman–Crippen LogP) is 3.59. The summed E-state index contributed by atoms with van der Waals surface area (Å²) in [6, 6.07) is 7.32. The van der Waals surface area contributed by atoms with Crippen molar-refractivity contribution in [2.75, 3.05) is 6.67 Å². The third-order valence-corrected chi connectivity index (χ3v) is 2.27. The van der Waals surface area contributed by atoms with Crippen molar-refractivity contribution in [3.05, 3.63) is 41.5 Å². The largest absolute Gasteiger partial charge is 0.347 e. The fraction of sp³-hybridized carbons (Fsp3) is 0.400. The number of hydrogen-bond donors (Lipinski definition) is 1. The lowest BCUT2D eigenvalue weighted by atomic mass is 10.0. The number of benzene rings is 1. The zero-order valence-corrected chi connectivity index (χ0v) is 11.2. The van der Waals surface area contributed by atoms with Gasteiger partial charge in [-0.25, -0.2) is 0 Å². The van der Waals surface area contributed by atoms with E-state index in [4.69, 9.17) is 0 Å². The van der Waals surface area contributed by atoms with Gasteiger partial charge in [0.15, 0.2) is 0 Å². The molecule has 18 heavy (non-hydrogen) atoms. The maximum absolute atomic E-state index is 12.1. The van der Waals surface area contributed by atoms with Gasteiger partial charge in [0.05, 0.1) is 6.67 Å². The van der Waals surface area contributed by atoms with Crippen LogP contribution in [0.15, 0.2) is 30.3 Å². The Bertz CT molecular complexity index is 432. The Morgan fingerprint density at radius 1 is 1.33 bits per heavy atom. The normalized spacial score (nSPS) is 11.8. The van der Waals surface area contributed by atoms with Crippen LogP contribution >= 0.6 is 0 Å². The lowest BCUT2D eigenvalue weighted by molar-refractivity contribution is 0.0919. The molecule has 0 saturated heterocycles. The van der Waals surface area contributed by atoms with Gasteiger partial charge in [0, 0.05) is 11.1 Å². The number of nitrogens with one attached hydrogen (secondary N) is 1. The van der Waals surface area contributed by atoms with Crippen LogP contribution in [-0.4, -0.2) is 18.1 Å². The molecule has 1 N–H and O–H groups in total. The number of rotatable bonds is 4. The highest BCUT2D eigenvalue weighted by Gasteiger charge is 2.16. The number of hydrogen-bond acceptors (Lipinski definition) is 1. The summed E-state index contributed by atoms with van der Waals surface area (Å²) >= 11 is 0. The maximum atomic E-state index is 12.1. The zero-order chi connectivity index (χ0) is 13.6. The quantitative estimate of drug-likeness (QED) is 0.868. The molecule has 0 fully saturated rings. The molecule has 0 aliphatic rings. The van der Waals surface area contributed by atoms with Crippen LogP contribution in [0.25, 0.3) is 6.08 Å². The molecular weight excluding hydrogens is 229 g/mol. The zero-order valence-electron chi connectivity index (χ0n) is 11.2. The standard InChI is InChI=1S/C15H20FNO/c1-15(2,3)17-14(18)13-10-5-4-8-12(13)9-6-7-11-16/h4-6,8-10H,7,11H2,1-3H3,(H,17,18)/b9-6+. The smallest absolute Gasteiger partial charge is 0.252 e. The lowest BCUT2D eigenvalue weighted by Gasteiger charge is -2.21. The summed E-state index contributed by atoms with van der Waals surface area (Å²) in [5, 5.41) is 2.92. The van der Waals surface area contributed by atoms with Crippen molar-refractivity contribution in [3.63, 3.8) is 0 Å². The van der Waals surface area contributed by atoms with Gasteiger partial charge in [-0.15, -0.1) is 0 Å². The van der Waals surface area contributed by atoms with Gasteiger partial charge in [-0.1, -0.05) is 30.4 Å². The van der Waals surface area contributed by atoms with E-state index in [-0.39, 0.29) is 18.1 Å². The average molecular weight is 249 g/mol. The van der Waals surface area contributed by atoms with Crippen LogP contribution < -0.4 is 5.32 Å². The molecule has 0 aliphatic carbocycles. The second kappa shape index (κ2) is 6.34. The molecule has 98 valence electrons. The monoisotopic (exact) mass is 249 g/mol. The number of halogens is 1. The minimum atomic E-state index is -0.382. The molecule has 3 heteroatoms. The Hall–Kier alpha value is -1.64. The fourth-order valence-corrected chi connectivity index (χ4v) is 1.53. The Morgan fingerprint density at radius 3 is 2.61 bits per heavy atom. The summed E-state index contributed by atoms with van der Waals surface area (Å²) in [5.41, 5.74) is 1.16. The molecular formula is C15H20FNO. The topological polar surface area (TPSA) is 29.1 Å². The van der Waals surface area contributed by atoms with Gasteiger partial charge in [0.1, 0.15) is 0 Å². The number of allylic oxidation sites excluding steroid dienone is 1. The van der Waals surface area contributed by atoms with E-state index in [1.807, 2.05) is 39.0 Å². The number of carbonyl (C=O) groups is 1. The summed E-state index contributed by atoms with van der Waals surface area (Å²) in [5.74, 6) is -0.108. The molecule has 0 unspecified atom stereocenters. The molecule has 0 heterocycles. The van der Waals surface area contributed by atoms with Gasteiger partial charge in [-0.2, -0.15) is 0 Å². The molecule has 1 aromatic carbocycles. The Kier molecular flexibility index (Phi) is 5.08. The van der Waals surface area contributed by atoms with E-state index in [0.717, 1.165) is 5.56 Å². The molecule has 1 amide bonds. The molecule has 0 aromatic heterocycles. The van der Waals surface area contributed by atoms with E-state index >= 15 is 0 Å². The van der Waals surface area contributed by atoms with Crippen molar-refractivity contribution in [3.8, 4) is 0 Å². The number of alkyl halides is 1. The maximum Gasteiger partial charge on any atom is 0.252 e. The van der Waals surface area contributed by atoms with Crippen LogP contribution in [0.1, 0.15) is 43.1 Å². The molecule has 1 aromatic rings. The summed E-state index contributed by atoms with van der Waals surface area (Å²) < 4.78 is 12.0. The summed E-state index contributed by atoms with van der Waals surface area (Å²) in [4.78, 5) is 12.1. The predicted molar refractivity (Wildman–Crippen MR) is 73.3 cm³/mol. The molecule has 0 spiro atoms. The van der Waals surface area contributed by atoms with Gasteiger partial charge in [-0.3, -0.25) is 9.18 Å². The van der Waals surface area contributed by atoms with E-state index in [1.54, 1.807) is 18.2 Å². The molecule has 0 radical (unpaired) electrons. The van der Waals surface area contributed by atoms with E-state index < -0.39 is 0 Å². The Balaban J connectivity index is 2.91. The molecule has 2 nitrogen and oxygen atoms in total. The lowest BCUT2D eigenvalue weighted by Crippen LogP contribution is -2.40. The van der Waals surface area contributed by atoms with Crippen molar-refractivity contribution in [1.29, 1.82) is 0 Å². The van der Waals surface area contributed by atoms with E-state index in [2.05, 4.69) is 5.32 Å². The second-order valence-corrected chi connectivity index (χ2v) is 5.17. The number of carbonyl (C=O) groups excluding carboxylic acids is 1. The first kappa shape index (κ1) is 14.4. The average Bonchev–Trinajstić information content (AvgIpc) is 2.27. The van der Waals surface area contributed by atoms with Crippen LogP contribution in [-0.2, 0) is 0 Å². The minimum absolute atomic E-state index is 0.108. The third-order valence-electron chi connectivity index (χ3n) is 2.27. The minimum Gasteiger partial charge on any atom is -0.347 e. The molecule has 1 rings (SSSR count). The van der Waals surface area contributed by atoms with E-state index in [1.165, 1.54) is 0 Å². The SMILES string of the molecule is CC(C)(C)NC(=O)c1ccccc1/C=C/CCF. The van der Waals surface area contributed by atoms with Crippen molar-refractivity contribution in [2.45, 2.75) is 32.7 Å². The van der Waals surface area contributed by atoms with Crippen molar-refractivity contribution in [1.82, 2.24) is 5.32 Å². The van der Waals surface area contributed by atoms with Crippen molar-refractivity contribution >= 4 is 12.0 Å². The van der Waals surface area contributed by atoms with Crippen LogP contribution in [0.5, 0.6) is 0 Å². The van der Waals surface area contributed by atoms with Gasteiger partial charge in [-0.05, 0) is 38.8 Å². The highest BCUT2D eigenvalue weighted by molar-refractivity contribution is 5.98. The van der Waals surface area contributed by atoms with Crippen LogP contribution in [0.2, 0.25) is 0 Å². The van der Waals surface area contributed by atoms with Gasteiger partial charge >= 0.3 is 0 Å². The first-order chi connectivity index (χ1) is 8.44. The number of amides is 1. The molecule has 0 aliphatic heterocycles. The van der Waals surface area contributed by atoms with Gasteiger partial charge in [0.25, 0.3) is 5.91 Å². The van der Waals surface area contributed by atoms with Crippen molar-refractivity contribution < 1.29 is 9.18 Å². The molecule has 0 saturated carbocycles. The summed E-state index contributed by atoms with van der Waals surface area (Å²) in [6.45, 7) is 5.43. The Morgan fingerprint density at radius 2 is 2.00 bits per heavy atom. The highest BCUT2D eigenvalue weighted by Crippen LogP contribution is 2.13. The molecule has 0 atom stereocenters. The fourth-order valence-electron chi connectivity index (χ4n) is 1.53.